The topological polar surface area (TPSA) is 72.8 Å². The molecule has 6 heteroatoms. The van der Waals surface area contributed by atoms with Gasteiger partial charge in [0.05, 0.1) is 18.7 Å². The normalized spacial score (nSPS) is 24.8. The van der Waals surface area contributed by atoms with E-state index in [1.54, 1.807) is 18.4 Å². The second-order valence-corrected chi connectivity index (χ2v) is 5.59. The lowest BCUT2D eigenvalue weighted by molar-refractivity contribution is -0.146. The number of nitrogens with zero attached hydrogens (tertiary/aromatic N) is 1. The molecule has 102 valence electrons. The third-order valence-electron chi connectivity index (χ3n) is 3.42. The Bertz CT molecular complexity index is 654. The molecule has 1 aliphatic heterocycles. The highest BCUT2D eigenvalue weighted by atomic mass is 32.2. The zero-order chi connectivity index (χ0) is 14.3. The van der Waals surface area contributed by atoms with Crippen LogP contribution in [0.15, 0.2) is 38.9 Å². The van der Waals surface area contributed by atoms with Crippen LogP contribution in [0.5, 0.6) is 0 Å². The zero-order valence-corrected chi connectivity index (χ0v) is 11.5. The predicted molar refractivity (Wildman–Crippen MR) is 74.3 cm³/mol. The Hall–Kier alpha value is -1.95. The van der Waals surface area contributed by atoms with E-state index in [4.69, 9.17) is 4.74 Å². The van der Waals surface area contributed by atoms with Gasteiger partial charge < -0.3 is 4.74 Å². The number of hydrogen-bond donors (Lipinski definition) is 0. The Morgan fingerprint density at radius 3 is 2.85 bits per heavy atom. The Morgan fingerprint density at radius 2 is 2.20 bits per heavy atom. The highest BCUT2D eigenvalue weighted by Gasteiger charge is 2.41. The van der Waals surface area contributed by atoms with Gasteiger partial charge >= 0.3 is 5.97 Å². The first kappa shape index (κ1) is 13.1. The van der Waals surface area contributed by atoms with Gasteiger partial charge in [0.2, 0.25) is 11.6 Å². The summed E-state index contributed by atoms with van der Waals surface area (Å²) in [6.07, 6.45) is 5.16. The minimum atomic E-state index is -0.681. The second-order valence-electron chi connectivity index (χ2n) is 4.53. The summed E-state index contributed by atoms with van der Waals surface area (Å²) in [5.41, 5.74) is 1.66. The summed E-state index contributed by atoms with van der Waals surface area (Å²) in [6, 6.07) is 0. The fourth-order valence-electron chi connectivity index (χ4n) is 2.38. The van der Waals surface area contributed by atoms with Crippen LogP contribution < -0.4 is 0 Å². The average molecular weight is 289 g/mol. The molecule has 0 saturated heterocycles. The fourth-order valence-corrected chi connectivity index (χ4v) is 3.44. The van der Waals surface area contributed by atoms with Crippen molar-refractivity contribution in [3.63, 3.8) is 0 Å². The largest absolute Gasteiger partial charge is 0.469 e. The maximum absolute atomic E-state index is 12.2. The number of aliphatic imine (C=N–C) groups is 1. The summed E-state index contributed by atoms with van der Waals surface area (Å²) in [4.78, 5) is 40.8. The highest BCUT2D eigenvalue weighted by molar-refractivity contribution is 8.03. The quantitative estimate of drug-likeness (QED) is 0.536. The molecule has 0 spiro atoms. The van der Waals surface area contributed by atoms with Gasteiger partial charge in [0, 0.05) is 34.4 Å². The standard InChI is InChI=1S/C14H11NO4S/c1-19-14(18)8-6-10(16)12(17)11-7-2-3-9(7)15-4-5-20-13(8)11/h2-4,8H,5-6H2,1H3/t8-/m0/s1. The van der Waals surface area contributed by atoms with Gasteiger partial charge in [-0.05, 0) is 12.2 Å². The van der Waals surface area contributed by atoms with E-state index in [-0.39, 0.29) is 6.42 Å². The molecule has 3 aliphatic rings. The van der Waals surface area contributed by atoms with E-state index >= 15 is 0 Å². The maximum atomic E-state index is 12.2. The second kappa shape index (κ2) is 4.86. The molecule has 0 saturated carbocycles. The smallest absolute Gasteiger partial charge is 0.314 e. The van der Waals surface area contributed by atoms with Crippen molar-refractivity contribution in [1.29, 1.82) is 0 Å². The number of ether oxygens (including phenoxy) is 1. The van der Waals surface area contributed by atoms with Crippen molar-refractivity contribution >= 4 is 35.5 Å². The van der Waals surface area contributed by atoms with Crippen LogP contribution >= 0.6 is 11.8 Å². The van der Waals surface area contributed by atoms with Crippen molar-refractivity contribution in [3.05, 3.63) is 33.9 Å². The lowest BCUT2D eigenvalue weighted by atomic mass is 9.82. The van der Waals surface area contributed by atoms with Crippen LogP contribution in [0, 0.1) is 5.92 Å². The molecule has 0 bridgehead atoms. The summed E-state index contributed by atoms with van der Waals surface area (Å²) >= 11 is 1.37. The number of rotatable bonds is 1. The summed E-state index contributed by atoms with van der Waals surface area (Å²) in [5.74, 6) is -1.68. The Labute approximate surface area is 119 Å². The van der Waals surface area contributed by atoms with Crippen molar-refractivity contribution < 1.29 is 19.1 Å². The van der Waals surface area contributed by atoms with E-state index in [9.17, 15) is 14.4 Å². The molecule has 0 aromatic heterocycles. The van der Waals surface area contributed by atoms with Crippen LogP contribution in [0.3, 0.4) is 0 Å². The van der Waals surface area contributed by atoms with E-state index in [1.165, 1.54) is 18.9 Å². The summed E-state index contributed by atoms with van der Waals surface area (Å²) in [5, 5.41) is 0. The minimum absolute atomic E-state index is 0.110. The van der Waals surface area contributed by atoms with E-state index in [0.29, 0.717) is 27.5 Å². The van der Waals surface area contributed by atoms with E-state index < -0.39 is 23.5 Å². The number of methoxy groups -OCH3 is 1. The van der Waals surface area contributed by atoms with Crippen LogP contribution in [0.1, 0.15) is 6.42 Å². The third kappa shape index (κ3) is 1.87. The summed E-state index contributed by atoms with van der Waals surface area (Å²) in [6.45, 7) is 0. The molecular formula is C14H11NO4S. The van der Waals surface area contributed by atoms with Gasteiger partial charge in [0.1, 0.15) is 0 Å². The molecule has 5 nitrogen and oxygen atoms in total. The van der Waals surface area contributed by atoms with E-state index in [0.717, 1.165) is 0 Å². The lowest BCUT2D eigenvalue weighted by Gasteiger charge is -2.28. The molecule has 1 heterocycles. The number of fused-ring (bicyclic) bond motifs is 1. The number of carbonyl (C=O) groups is 3. The molecule has 0 aromatic carbocycles. The maximum Gasteiger partial charge on any atom is 0.314 e. The van der Waals surface area contributed by atoms with E-state index in [2.05, 4.69) is 4.99 Å². The first-order chi connectivity index (χ1) is 9.63. The molecule has 0 radical (unpaired) electrons. The van der Waals surface area contributed by atoms with Gasteiger partial charge in [0.15, 0.2) is 0 Å². The monoisotopic (exact) mass is 289 g/mol. The number of carbonyl (C=O) groups excluding carboxylic acids is 3. The van der Waals surface area contributed by atoms with Crippen LogP contribution in [-0.4, -0.2) is 36.6 Å². The number of hydrogen-bond acceptors (Lipinski definition) is 6. The highest BCUT2D eigenvalue weighted by Crippen LogP contribution is 2.42. The van der Waals surface area contributed by atoms with Crippen molar-refractivity contribution in [2.24, 2.45) is 10.9 Å². The number of esters is 1. The van der Waals surface area contributed by atoms with Gasteiger partial charge in [-0.25, -0.2) is 0 Å². The SMILES string of the molecule is COC(=O)[C@H]1CC(=O)C(=O)C2=C1SCC=NC1=C2C=C1. The molecule has 0 unspecified atom stereocenters. The third-order valence-corrected chi connectivity index (χ3v) is 4.53. The molecule has 0 amide bonds. The van der Waals surface area contributed by atoms with Crippen LogP contribution in [0.4, 0.5) is 0 Å². The number of ketones is 2. The summed E-state index contributed by atoms with van der Waals surface area (Å²) < 4.78 is 4.76. The molecule has 0 fully saturated rings. The Balaban J connectivity index is 2.16. The van der Waals surface area contributed by atoms with Crippen LogP contribution in [-0.2, 0) is 19.1 Å². The lowest BCUT2D eigenvalue weighted by Crippen LogP contribution is -2.34. The van der Waals surface area contributed by atoms with Crippen molar-refractivity contribution in [2.75, 3.05) is 12.9 Å². The average Bonchev–Trinajstić information content (AvgIpc) is 2.41. The first-order valence-corrected chi connectivity index (χ1v) is 7.09. The van der Waals surface area contributed by atoms with Crippen molar-refractivity contribution in [1.82, 2.24) is 0 Å². The van der Waals surface area contributed by atoms with E-state index in [1.807, 2.05) is 0 Å². The van der Waals surface area contributed by atoms with Crippen LogP contribution in [0.25, 0.3) is 0 Å². The molecular weight excluding hydrogens is 278 g/mol. The number of Topliss-reactive ketones (excluding diaryl/α,β-unsaturated/α-hetero) is 2. The molecule has 3 rings (SSSR count). The molecule has 0 N–H and O–H groups in total. The van der Waals surface area contributed by atoms with Crippen LogP contribution in [0.2, 0.25) is 0 Å². The minimum Gasteiger partial charge on any atom is -0.469 e. The first-order valence-electron chi connectivity index (χ1n) is 6.11. The molecule has 1 atom stereocenters. The number of allylic oxidation sites excluding steroid dienone is 4. The van der Waals surface area contributed by atoms with Gasteiger partial charge in [-0.2, -0.15) is 0 Å². The van der Waals surface area contributed by atoms with Gasteiger partial charge in [0.25, 0.3) is 0 Å². The van der Waals surface area contributed by atoms with Gasteiger partial charge in [-0.1, -0.05) is 0 Å². The zero-order valence-electron chi connectivity index (χ0n) is 10.7. The van der Waals surface area contributed by atoms with Crippen molar-refractivity contribution in [2.45, 2.75) is 6.42 Å². The fraction of sp³-hybridized carbons (Fsp3) is 0.286. The molecule has 2 aliphatic carbocycles. The van der Waals surface area contributed by atoms with Gasteiger partial charge in [-0.15, -0.1) is 11.8 Å². The summed E-state index contributed by atoms with van der Waals surface area (Å²) in [7, 11) is 1.28. The predicted octanol–water partition coefficient (Wildman–Crippen LogP) is 1.21. The van der Waals surface area contributed by atoms with Gasteiger partial charge in [-0.3, -0.25) is 19.4 Å². The van der Waals surface area contributed by atoms with Crippen molar-refractivity contribution in [3.8, 4) is 0 Å². The molecule has 20 heavy (non-hydrogen) atoms. The molecule has 0 aromatic rings. The Kier molecular flexibility index (Phi) is 3.17. The Morgan fingerprint density at radius 1 is 1.40 bits per heavy atom. The number of thioether (sulfide) groups is 1.